The van der Waals surface area contributed by atoms with Gasteiger partial charge in [-0.05, 0) is 49.2 Å². The third-order valence-electron chi connectivity index (χ3n) is 4.68. The van der Waals surface area contributed by atoms with Crippen LogP contribution in [0, 0.1) is 17.1 Å². The molecule has 1 N–H and O–H groups in total. The van der Waals surface area contributed by atoms with E-state index in [1.54, 1.807) is 42.5 Å². The van der Waals surface area contributed by atoms with Gasteiger partial charge in [-0.2, -0.15) is 5.26 Å². The van der Waals surface area contributed by atoms with Gasteiger partial charge in [0.2, 0.25) is 5.91 Å². The Morgan fingerprint density at radius 2 is 2.03 bits per heavy atom. The standard InChI is InChI=1S/C24H22FN3O3S/c1-3-13-27-22(29)19(15-26)24-28(17-9-11-18(12-10-17)31-4-2)23(30)21(32-24)14-16-7-5-6-8-20(16)25/h3,5-12,21H,1,4,13-14H2,2H3,(H,27,29)/b24-19-. The van der Waals surface area contributed by atoms with Gasteiger partial charge >= 0.3 is 0 Å². The van der Waals surface area contributed by atoms with Crippen LogP contribution in [0.5, 0.6) is 5.75 Å². The van der Waals surface area contributed by atoms with Gasteiger partial charge in [0.15, 0.2) is 0 Å². The highest BCUT2D eigenvalue weighted by Crippen LogP contribution is 2.42. The van der Waals surface area contributed by atoms with Gasteiger partial charge in [0.25, 0.3) is 5.91 Å². The lowest BCUT2D eigenvalue weighted by Crippen LogP contribution is -2.32. The van der Waals surface area contributed by atoms with Crippen LogP contribution in [0.4, 0.5) is 10.1 Å². The summed E-state index contributed by atoms with van der Waals surface area (Å²) in [4.78, 5) is 27.3. The van der Waals surface area contributed by atoms with Crippen molar-refractivity contribution in [2.45, 2.75) is 18.6 Å². The summed E-state index contributed by atoms with van der Waals surface area (Å²) in [5.74, 6) is -0.713. The molecule has 1 heterocycles. The molecule has 8 heteroatoms. The second-order valence-electron chi connectivity index (χ2n) is 6.79. The molecule has 1 unspecified atom stereocenters. The number of benzene rings is 2. The maximum atomic E-state index is 14.2. The summed E-state index contributed by atoms with van der Waals surface area (Å²) in [7, 11) is 0. The normalized spacial score (nSPS) is 17.0. The summed E-state index contributed by atoms with van der Waals surface area (Å²) in [6, 6.07) is 15.0. The molecule has 3 rings (SSSR count). The summed E-state index contributed by atoms with van der Waals surface area (Å²) in [6.07, 6.45) is 1.62. The molecule has 2 aromatic rings. The lowest BCUT2D eigenvalue weighted by atomic mass is 10.1. The number of nitriles is 1. The number of ether oxygens (including phenoxy) is 1. The lowest BCUT2D eigenvalue weighted by molar-refractivity contribution is -0.117. The van der Waals surface area contributed by atoms with Gasteiger partial charge in [0.05, 0.1) is 11.9 Å². The maximum Gasteiger partial charge on any atom is 0.264 e. The van der Waals surface area contributed by atoms with Gasteiger partial charge in [-0.25, -0.2) is 4.39 Å². The Morgan fingerprint density at radius 1 is 1.31 bits per heavy atom. The van der Waals surface area contributed by atoms with Crippen molar-refractivity contribution >= 4 is 29.3 Å². The average molecular weight is 452 g/mol. The van der Waals surface area contributed by atoms with Gasteiger partial charge in [-0.1, -0.05) is 36.0 Å². The Balaban J connectivity index is 2.02. The molecule has 1 aliphatic rings. The van der Waals surface area contributed by atoms with Gasteiger partial charge in [-0.3, -0.25) is 14.5 Å². The van der Waals surface area contributed by atoms with Crippen molar-refractivity contribution in [2.24, 2.45) is 0 Å². The molecular weight excluding hydrogens is 429 g/mol. The highest BCUT2D eigenvalue weighted by Gasteiger charge is 2.41. The van der Waals surface area contributed by atoms with E-state index < -0.39 is 17.0 Å². The largest absolute Gasteiger partial charge is 0.494 e. The Hall–Kier alpha value is -3.57. The van der Waals surface area contributed by atoms with Crippen LogP contribution in [-0.2, 0) is 16.0 Å². The van der Waals surface area contributed by atoms with Crippen LogP contribution in [0.3, 0.4) is 0 Å². The molecule has 0 aromatic heterocycles. The minimum atomic E-state index is -0.691. The summed E-state index contributed by atoms with van der Waals surface area (Å²) in [5.41, 5.74) is 0.692. The van der Waals surface area contributed by atoms with Crippen molar-refractivity contribution in [2.75, 3.05) is 18.1 Å². The van der Waals surface area contributed by atoms with Crippen LogP contribution in [0.15, 0.2) is 71.8 Å². The number of rotatable bonds is 8. The van der Waals surface area contributed by atoms with E-state index in [2.05, 4.69) is 11.9 Å². The smallest absolute Gasteiger partial charge is 0.264 e. The van der Waals surface area contributed by atoms with E-state index in [1.165, 1.54) is 17.0 Å². The fourth-order valence-corrected chi connectivity index (χ4v) is 4.49. The molecule has 0 radical (unpaired) electrons. The monoisotopic (exact) mass is 451 g/mol. The van der Waals surface area contributed by atoms with E-state index in [1.807, 2.05) is 13.0 Å². The third-order valence-corrected chi connectivity index (χ3v) is 5.94. The molecule has 6 nitrogen and oxygen atoms in total. The number of carbonyl (C=O) groups excluding carboxylic acids is 2. The Labute approximate surface area is 190 Å². The topological polar surface area (TPSA) is 82.4 Å². The molecule has 0 aliphatic carbocycles. The Bertz CT molecular complexity index is 1090. The second kappa shape index (κ2) is 10.6. The zero-order valence-electron chi connectivity index (χ0n) is 17.5. The highest BCUT2D eigenvalue weighted by atomic mass is 32.2. The fraction of sp³-hybridized carbons (Fsp3) is 0.208. The predicted molar refractivity (Wildman–Crippen MR) is 122 cm³/mol. The van der Waals surface area contributed by atoms with Crippen LogP contribution >= 0.6 is 11.8 Å². The van der Waals surface area contributed by atoms with Crippen LogP contribution in [0.2, 0.25) is 0 Å². The number of nitrogens with one attached hydrogen (secondary N) is 1. The van der Waals surface area contributed by atoms with E-state index in [9.17, 15) is 19.2 Å². The quantitative estimate of drug-likeness (QED) is 0.373. The molecule has 0 bridgehead atoms. The highest BCUT2D eigenvalue weighted by molar-refractivity contribution is 8.05. The van der Waals surface area contributed by atoms with Gasteiger partial charge in [0.1, 0.15) is 28.2 Å². The number of anilines is 1. The van der Waals surface area contributed by atoms with Crippen LogP contribution in [0.25, 0.3) is 0 Å². The Morgan fingerprint density at radius 3 is 2.66 bits per heavy atom. The number of hydrogen-bond donors (Lipinski definition) is 1. The summed E-state index contributed by atoms with van der Waals surface area (Å²) < 4.78 is 19.7. The van der Waals surface area contributed by atoms with E-state index in [0.717, 1.165) is 11.8 Å². The number of nitrogens with zero attached hydrogens (tertiary/aromatic N) is 2. The zero-order valence-corrected chi connectivity index (χ0v) is 18.3. The molecule has 32 heavy (non-hydrogen) atoms. The number of halogens is 1. The molecule has 1 saturated heterocycles. The Kier molecular flexibility index (Phi) is 7.68. The van der Waals surface area contributed by atoms with E-state index in [4.69, 9.17) is 4.74 Å². The third kappa shape index (κ3) is 5.01. The molecule has 1 aliphatic heterocycles. The molecule has 1 fully saturated rings. The van der Waals surface area contributed by atoms with E-state index >= 15 is 0 Å². The zero-order chi connectivity index (χ0) is 23.1. The summed E-state index contributed by atoms with van der Waals surface area (Å²) >= 11 is 1.08. The summed E-state index contributed by atoms with van der Waals surface area (Å²) in [5, 5.41) is 11.8. The second-order valence-corrected chi connectivity index (χ2v) is 7.98. The minimum absolute atomic E-state index is 0.125. The first kappa shape index (κ1) is 23.1. The number of hydrogen-bond acceptors (Lipinski definition) is 5. The molecule has 1 atom stereocenters. The van der Waals surface area contributed by atoms with Gasteiger partial charge in [-0.15, -0.1) is 6.58 Å². The average Bonchev–Trinajstić information content (AvgIpc) is 3.11. The molecule has 2 amide bonds. The lowest BCUT2D eigenvalue weighted by Gasteiger charge is -2.19. The van der Waals surface area contributed by atoms with Crippen molar-refractivity contribution in [3.63, 3.8) is 0 Å². The van der Waals surface area contributed by atoms with E-state index in [0.29, 0.717) is 23.6 Å². The number of carbonyl (C=O) groups is 2. The van der Waals surface area contributed by atoms with Crippen LogP contribution in [0.1, 0.15) is 12.5 Å². The number of thioether (sulfide) groups is 1. The molecule has 2 aromatic carbocycles. The van der Waals surface area contributed by atoms with E-state index in [-0.39, 0.29) is 29.5 Å². The SMILES string of the molecule is C=CCNC(=O)/C(C#N)=C1\SC(Cc2ccccc2F)C(=O)N1c1ccc(OCC)cc1. The predicted octanol–water partition coefficient (Wildman–Crippen LogP) is 3.95. The molecule has 0 saturated carbocycles. The van der Waals surface area contributed by atoms with Gasteiger partial charge < -0.3 is 10.1 Å². The van der Waals surface area contributed by atoms with Gasteiger partial charge in [0, 0.05) is 12.2 Å². The first-order valence-corrected chi connectivity index (χ1v) is 10.9. The van der Waals surface area contributed by atoms with Crippen molar-refractivity contribution in [1.82, 2.24) is 5.32 Å². The van der Waals surface area contributed by atoms with Crippen molar-refractivity contribution in [3.05, 3.63) is 83.2 Å². The number of amides is 2. The van der Waals surface area contributed by atoms with Crippen LogP contribution in [-0.4, -0.2) is 30.2 Å². The molecular formula is C24H22FN3O3S. The van der Waals surface area contributed by atoms with Crippen molar-refractivity contribution < 1.29 is 18.7 Å². The fourth-order valence-electron chi connectivity index (χ4n) is 3.20. The van der Waals surface area contributed by atoms with Crippen LogP contribution < -0.4 is 15.0 Å². The molecule has 164 valence electrons. The first-order valence-electron chi connectivity index (χ1n) is 10.0. The van der Waals surface area contributed by atoms with Crippen molar-refractivity contribution in [3.8, 4) is 11.8 Å². The summed E-state index contributed by atoms with van der Waals surface area (Å²) in [6.45, 7) is 6.09. The maximum absolute atomic E-state index is 14.2. The minimum Gasteiger partial charge on any atom is -0.494 e. The first-order chi connectivity index (χ1) is 15.5. The molecule has 0 spiro atoms. The van der Waals surface area contributed by atoms with Crippen molar-refractivity contribution in [1.29, 1.82) is 5.26 Å².